The highest BCUT2D eigenvalue weighted by atomic mass is 32.1. The Morgan fingerprint density at radius 3 is 1.53 bits per heavy atom. The van der Waals surface area contributed by atoms with Crippen LogP contribution in [0.1, 0.15) is 5.56 Å². The molecule has 0 amide bonds. The number of thiophene rings is 2. The lowest BCUT2D eigenvalue weighted by Gasteiger charge is -2.25. The predicted octanol–water partition coefficient (Wildman–Crippen LogP) is 19.9. The van der Waals surface area contributed by atoms with Crippen LogP contribution in [0.25, 0.3) is 155 Å². The third-order valence-corrected chi connectivity index (χ3v) is 17.8. The standard InChI is InChI=1S/C68H36N4OS2/c1-70-60-58(41-22-9-4-10-23-41)65(71-53-28-14-11-24-43(53)46-34-37-51-59-42(39-18-5-2-6-19-39)27-17-29-54(59)73-66(51)62(46)71)57(40-20-7-3-8-21-40)52(38-69)61(60)72-63-47(32-35-49-44-25-12-15-30-55(44)74-67(49)63)48-33-36-50-45-26-13-16-31-56(45)75-68(50)64(48)72/h2-37H. The van der Waals surface area contributed by atoms with Gasteiger partial charge in [-0.15, -0.1) is 22.7 Å². The third-order valence-electron chi connectivity index (χ3n) is 15.4. The Kier molecular flexibility index (Phi) is 8.85. The normalized spacial score (nSPS) is 12.0. The fourth-order valence-corrected chi connectivity index (χ4v) is 14.8. The Morgan fingerprint density at radius 1 is 0.427 bits per heavy atom. The molecule has 0 aliphatic heterocycles. The number of hydrogen-bond acceptors (Lipinski definition) is 4. The summed E-state index contributed by atoms with van der Waals surface area (Å²) in [6.45, 7) is 9.68. The van der Waals surface area contributed by atoms with E-state index in [1.807, 2.05) is 42.5 Å². The van der Waals surface area contributed by atoms with Crippen molar-refractivity contribution in [2.75, 3.05) is 0 Å². The van der Waals surface area contributed by atoms with Gasteiger partial charge < -0.3 is 13.6 Å². The molecule has 0 spiro atoms. The zero-order chi connectivity index (χ0) is 49.5. The summed E-state index contributed by atoms with van der Waals surface area (Å²) in [6.07, 6.45) is 0. The maximum atomic E-state index is 12.4. The summed E-state index contributed by atoms with van der Waals surface area (Å²) in [5.41, 5.74) is 12.7. The molecule has 0 bridgehead atoms. The van der Waals surface area contributed by atoms with Gasteiger partial charge in [0.05, 0.1) is 55.0 Å². The summed E-state index contributed by atoms with van der Waals surface area (Å²) in [5, 5.41) is 23.2. The summed E-state index contributed by atoms with van der Waals surface area (Å²) >= 11 is 3.54. The second-order valence-corrected chi connectivity index (χ2v) is 21.3. The molecule has 7 heteroatoms. The first-order valence-electron chi connectivity index (χ1n) is 24.9. The molecule has 75 heavy (non-hydrogen) atoms. The molecule has 0 radical (unpaired) electrons. The first kappa shape index (κ1) is 41.8. The molecule has 0 saturated carbocycles. The maximum Gasteiger partial charge on any atom is 0.221 e. The molecule has 0 aliphatic rings. The molecule has 5 heterocycles. The van der Waals surface area contributed by atoms with Crippen molar-refractivity contribution < 1.29 is 4.42 Å². The molecule has 5 aromatic heterocycles. The molecule has 0 aliphatic carbocycles. The average molecular weight is 989 g/mol. The van der Waals surface area contributed by atoms with E-state index in [2.05, 4.69) is 191 Å². The highest BCUT2D eigenvalue weighted by molar-refractivity contribution is 7.27. The second-order valence-electron chi connectivity index (χ2n) is 19.2. The second kappa shape index (κ2) is 15.9. The Bertz CT molecular complexity index is 4990. The lowest BCUT2D eigenvalue weighted by Crippen LogP contribution is -2.08. The summed E-state index contributed by atoms with van der Waals surface area (Å²) in [5.74, 6) is 0. The number of fused-ring (bicyclic) bond motifs is 18. The van der Waals surface area contributed by atoms with Crippen LogP contribution in [0, 0.1) is 17.9 Å². The van der Waals surface area contributed by atoms with Gasteiger partial charge in [-0.2, -0.15) is 5.26 Å². The largest absolute Gasteiger partial charge is 0.454 e. The number of nitrogens with zero attached hydrogens (tertiary/aromatic N) is 4. The first-order valence-corrected chi connectivity index (χ1v) is 26.6. The minimum atomic E-state index is 0.386. The average Bonchev–Trinajstić information content (AvgIpc) is 4.36. The van der Waals surface area contributed by atoms with E-state index in [4.69, 9.17) is 9.26 Å². The van der Waals surface area contributed by atoms with E-state index in [1.165, 1.54) is 20.2 Å². The van der Waals surface area contributed by atoms with E-state index in [1.54, 1.807) is 22.7 Å². The lowest BCUT2D eigenvalue weighted by molar-refractivity contribution is 0.671. The lowest BCUT2D eigenvalue weighted by atomic mass is 9.88. The summed E-state index contributed by atoms with van der Waals surface area (Å²) in [4.78, 5) is 4.73. The number of rotatable bonds is 5. The van der Waals surface area contributed by atoms with Crippen molar-refractivity contribution in [3.8, 4) is 50.8 Å². The van der Waals surface area contributed by atoms with Crippen LogP contribution in [0.3, 0.4) is 0 Å². The molecule has 11 aromatic carbocycles. The van der Waals surface area contributed by atoms with Gasteiger partial charge in [-0.1, -0.05) is 188 Å². The Labute approximate surface area is 436 Å². The van der Waals surface area contributed by atoms with Gasteiger partial charge in [0, 0.05) is 74.4 Å². The van der Waals surface area contributed by atoms with Gasteiger partial charge in [0.1, 0.15) is 11.7 Å². The van der Waals surface area contributed by atoms with Gasteiger partial charge in [-0.3, -0.25) is 0 Å². The fraction of sp³-hybridized carbons (Fsp3) is 0. The molecule has 16 rings (SSSR count). The highest BCUT2D eigenvalue weighted by Crippen LogP contribution is 2.55. The van der Waals surface area contributed by atoms with Crippen LogP contribution in [0.4, 0.5) is 5.69 Å². The number of nitriles is 1. The van der Waals surface area contributed by atoms with Gasteiger partial charge >= 0.3 is 0 Å². The van der Waals surface area contributed by atoms with Crippen LogP contribution in [0.2, 0.25) is 0 Å². The van der Waals surface area contributed by atoms with Crippen molar-refractivity contribution in [1.29, 1.82) is 5.26 Å². The summed E-state index contributed by atoms with van der Waals surface area (Å²) < 4.78 is 16.4. The van der Waals surface area contributed by atoms with E-state index in [0.717, 1.165) is 125 Å². The Balaban J connectivity index is 1.16. The van der Waals surface area contributed by atoms with Crippen LogP contribution >= 0.6 is 22.7 Å². The number of hydrogen-bond donors (Lipinski definition) is 0. The number of para-hydroxylation sites is 1. The van der Waals surface area contributed by atoms with Crippen molar-refractivity contribution >= 4 is 134 Å². The van der Waals surface area contributed by atoms with Crippen LogP contribution < -0.4 is 0 Å². The Morgan fingerprint density at radius 2 is 0.933 bits per heavy atom. The van der Waals surface area contributed by atoms with E-state index in [0.29, 0.717) is 16.9 Å². The first-order chi connectivity index (χ1) is 37.2. The molecule has 0 saturated heterocycles. The van der Waals surface area contributed by atoms with Crippen molar-refractivity contribution in [1.82, 2.24) is 9.13 Å². The zero-order valence-corrected chi connectivity index (χ0v) is 41.4. The van der Waals surface area contributed by atoms with Crippen molar-refractivity contribution in [2.45, 2.75) is 0 Å². The molecule has 346 valence electrons. The number of aromatic nitrogens is 2. The van der Waals surface area contributed by atoms with Gasteiger partial charge in [0.2, 0.25) is 5.69 Å². The van der Waals surface area contributed by atoms with Crippen LogP contribution in [-0.4, -0.2) is 9.13 Å². The summed E-state index contributed by atoms with van der Waals surface area (Å²) in [7, 11) is 0. The smallest absolute Gasteiger partial charge is 0.221 e. The minimum Gasteiger partial charge on any atom is -0.454 e. The Hall–Kier alpha value is -9.76. The molecule has 0 unspecified atom stereocenters. The van der Waals surface area contributed by atoms with Crippen LogP contribution in [0.5, 0.6) is 0 Å². The topological polar surface area (TPSA) is 51.1 Å². The molecule has 0 N–H and O–H groups in total. The van der Waals surface area contributed by atoms with Crippen molar-refractivity contribution in [3.05, 3.63) is 235 Å². The van der Waals surface area contributed by atoms with E-state index >= 15 is 0 Å². The van der Waals surface area contributed by atoms with Crippen molar-refractivity contribution in [3.63, 3.8) is 0 Å². The van der Waals surface area contributed by atoms with Gasteiger partial charge in [-0.05, 0) is 52.6 Å². The zero-order valence-electron chi connectivity index (χ0n) is 39.8. The number of furan rings is 1. The third kappa shape index (κ3) is 5.74. The molecule has 5 nitrogen and oxygen atoms in total. The minimum absolute atomic E-state index is 0.386. The van der Waals surface area contributed by atoms with Gasteiger partial charge in [0.15, 0.2) is 5.58 Å². The van der Waals surface area contributed by atoms with E-state index in [9.17, 15) is 11.8 Å². The molecular formula is C68H36N4OS2. The van der Waals surface area contributed by atoms with E-state index in [-0.39, 0.29) is 0 Å². The molecule has 0 atom stereocenters. The maximum absolute atomic E-state index is 12.4. The number of benzene rings is 11. The molecule has 16 aromatic rings. The molecule has 0 fully saturated rings. The highest BCUT2D eigenvalue weighted by Gasteiger charge is 2.34. The van der Waals surface area contributed by atoms with Crippen molar-refractivity contribution in [2.24, 2.45) is 0 Å². The van der Waals surface area contributed by atoms with Crippen LogP contribution in [-0.2, 0) is 0 Å². The quantitative estimate of drug-likeness (QED) is 0.161. The summed E-state index contributed by atoms with van der Waals surface area (Å²) in [6, 6.07) is 79.4. The van der Waals surface area contributed by atoms with Crippen LogP contribution in [0.15, 0.2) is 223 Å². The SMILES string of the molecule is [C-]#[N+]c1c(-c2ccccc2)c(-n2c3ccccc3c3ccc4c(oc5cccc(-c6ccccc6)c54)c32)c(-c2ccccc2)c(C#N)c1-n1c2c(ccc3c4ccccc4sc32)c2ccc3c4ccccc4sc3c21. The van der Waals surface area contributed by atoms with Gasteiger partial charge in [-0.25, -0.2) is 4.85 Å². The fourth-order valence-electron chi connectivity index (χ4n) is 12.3. The predicted molar refractivity (Wildman–Crippen MR) is 315 cm³/mol. The van der Waals surface area contributed by atoms with E-state index < -0.39 is 0 Å². The molecular weight excluding hydrogens is 953 g/mol. The monoisotopic (exact) mass is 988 g/mol. The van der Waals surface area contributed by atoms with Gasteiger partial charge in [0.25, 0.3) is 0 Å².